The summed E-state index contributed by atoms with van der Waals surface area (Å²) in [6.45, 7) is 6.39. The Labute approximate surface area is 144 Å². The molecule has 0 aliphatic carbocycles. The average molecular weight is 352 g/mol. The highest BCUT2D eigenvalue weighted by atomic mass is 32.2. The van der Waals surface area contributed by atoms with E-state index in [-0.39, 0.29) is 11.5 Å². The molecular weight excluding hydrogens is 332 g/mol. The van der Waals surface area contributed by atoms with Gasteiger partial charge in [0.2, 0.25) is 5.16 Å². The predicted octanol–water partition coefficient (Wildman–Crippen LogP) is 4.11. The molecule has 0 amide bonds. The summed E-state index contributed by atoms with van der Waals surface area (Å²) in [6.07, 6.45) is -0.141. The Morgan fingerprint density at radius 1 is 1.35 bits per heavy atom. The van der Waals surface area contributed by atoms with Gasteiger partial charge in [-0.25, -0.2) is 4.98 Å². The maximum absolute atomic E-state index is 5.82. The third-order valence-electron chi connectivity index (χ3n) is 3.48. The topological polar surface area (TPSA) is 53.5 Å². The van der Waals surface area contributed by atoms with Crippen molar-refractivity contribution < 1.29 is 14.2 Å². The molecule has 1 aliphatic heterocycles. The molecule has 23 heavy (non-hydrogen) atoms. The standard InChI is InChI=1S/C16H20N2O3S2/c1-10-5-7-11(8-6-10)14(19-4)22-15-17-13(23-18-15)12-9-20-16(2,3)21-12/h5-8,12,14H,9H2,1-4H3. The van der Waals surface area contributed by atoms with Gasteiger partial charge < -0.3 is 14.2 Å². The summed E-state index contributed by atoms with van der Waals surface area (Å²) < 4.78 is 21.4. The maximum Gasteiger partial charge on any atom is 0.203 e. The predicted molar refractivity (Wildman–Crippen MR) is 90.6 cm³/mol. The molecule has 0 saturated carbocycles. The minimum atomic E-state index is -0.555. The van der Waals surface area contributed by atoms with Crippen molar-refractivity contribution in [2.75, 3.05) is 13.7 Å². The van der Waals surface area contributed by atoms with Crippen LogP contribution in [0.1, 0.15) is 41.5 Å². The zero-order chi connectivity index (χ0) is 16.4. The van der Waals surface area contributed by atoms with Crippen LogP contribution in [0.3, 0.4) is 0 Å². The van der Waals surface area contributed by atoms with E-state index in [1.54, 1.807) is 7.11 Å². The van der Waals surface area contributed by atoms with Crippen molar-refractivity contribution in [2.45, 2.75) is 43.3 Å². The Bertz CT molecular complexity index is 658. The van der Waals surface area contributed by atoms with Gasteiger partial charge in [-0.2, -0.15) is 4.37 Å². The first-order valence-corrected chi connectivity index (χ1v) is 9.03. The Kier molecular flexibility index (Phi) is 5.03. The molecular formula is C16H20N2O3S2. The van der Waals surface area contributed by atoms with Gasteiger partial charge in [-0.1, -0.05) is 29.8 Å². The lowest BCUT2D eigenvalue weighted by atomic mass is 10.2. The summed E-state index contributed by atoms with van der Waals surface area (Å²) in [5, 5.41) is 1.54. The van der Waals surface area contributed by atoms with E-state index in [4.69, 9.17) is 14.2 Å². The molecule has 0 radical (unpaired) electrons. The highest BCUT2D eigenvalue weighted by molar-refractivity contribution is 7.99. The second-order valence-electron chi connectivity index (χ2n) is 5.83. The summed E-state index contributed by atoms with van der Waals surface area (Å²) in [5.74, 6) is -0.555. The van der Waals surface area contributed by atoms with Crippen LogP contribution < -0.4 is 0 Å². The largest absolute Gasteiger partial charge is 0.366 e. The Morgan fingerprint density at radius 3 is 2.70 bits per heavy atom. The van der Waals surface area contributed by atoms with E-state index in [1.807, 2.05) is 13.8 Å². The smallest absolute Gasteiger partial charge is 0.203 e. The first-order chi connectivity index (χ1) is 11.0. The van der Waals surface area contributed by atoms with Crippen molar-refractivity contribution >= 4 is 23.3 Å². The Balaban J connectivity index is 1.69. The second-order valence-corrected chi connectivity index (χ2v) is 7.64. The summed E-state index contributed by atoms with van der Waals surface area (Å²) in [4.78, 5) is 4.57. The number of rotatable bonds is 5. The summed E-state index contributed by atoms with van der Waals surface area (Å²) in [7, 11) is 1.70. The molecule has 3 rings (SSSR count). The normalized spacial score (nSPS) is 21.5. The zero-order valence-electron chi connectivity index (χ0n) is 13.6. The molecule has 5 nitrogen and oxygen atoms in total. The molecule has 1 fully saturated rings. The fraction of sp³-hybridized carbons (Fsp3) is 0.500. The molecule has 2 aromatic rings. The summed E-state index contributed by atoms with van der Waals surface area (Å²) in [6, 6.07) is 8.29. The van der Waals surface area contributed by atoms with E-state index in [1.165, 1.54) is 28.9 Å². The molecule has 1 aromatic heterocycles. The second kappa shape index (κ2) is 6.86. The molecule has 0 spiro atoms. The van der Waals surface area contributed by atoms with E-state index in [0.29, 0.717) is 11.8 Å². The lowest BCUT2D eigenvalue weighted by Gasteiger charge is -2.15. The number of hydrogen-bond acceptors (Lipinski definition) is 7. The monoisotopic (exact) mass is 352 g/mol. The average Bonchev–Trinajstić information content (AvgIpc) is 3.12. The number of ether oxygens (including phenoxy) is 3. The molecule has 1 saturated heterocycles. The number of hydrogen-bond donors (Lipinski definition) is 0. The number of aryl methyl sites for hydroxylation is 1. The van der Waals surface area contributed by atoms with Crippen LogP contribution in [0.2, 0.25) is 0 Å². The maximum atomic E-state index is 5.82. The molecule has 0 N–H and O–H groups in total. The van der Waals surface area contributed by atoms with Crippen LogP contribution >= 0.6 is 23.3 Å². The molecule has 2 unspecified atom stereocenters. The number of aromatic nitrogens is 2. The molecule has 124 valence electrons. The van der Waals surface area contributed by atoms with Crippen LogP contribution in [-0.4, -0.2) is 28.9 Å². The van der Waals surface area contributed by atoms with Gasteiger partial charge in [0, 0.05) is 7.11 Å². The number of thioether (sulfide) groups is 1. The third-order valence-corrected chi connectivity index (χ3v) is 5.48. The lowest BCUT2D eigenvalue weighted by Crippen LogP contribution is -2.19. The van der Waals surface area contributed by atoms with Crippen molar-refractivity contribution in [3.8, 4) is 0 Å². The summed E-state index contributed by atoms with van der Waals surface area (Å²) >= 11 is 2.85. The molecule has 1 aliphatic rings. The Hall–Kier alpha value is -0.990. The summed E-state index contributed by atoms with van der Waals surface area (Å²) in [5.41, 5.74) is 2.19. The minimum Gasteiger partial charge on any atom is -0.366 e. The number of benzene rings is 1. The van der Waals surface area contributed by atoms with E-state index in [2.05, 4.69) is 40.5 Å². The quantitative estimate of drug-likeness (QED) is 0.596. The molecule has 2 heterocycles. The van der Waals surface area contributed by atoms with Gasteiger partial charge in [-0.15, -0.1) is 0 Å². The minimum absolute atomic E-state index is 0.129. The van der Waals surface area contributed by atoms with Crippen molar-refractivity contribution in [2.24, 2.45) is 0 Å². The van der Waals surface area contributed by atoms with Gasteiger partial charge in [-0.05, 0) is 49.6 Å². The van der Waals surface area contributed by atoms with Crippen LogP contribution in [0.25, 0.3) is 0 Å². The first kappa shape index (κ1) is 16.9. The molecule has 2 atom stereocenters. The van der Waals surface area contributed by atoms with Crippen molar-refractivity contribution in [3.05, 3.63) is 40.4 Å². The highest BCUT2D eigenvalue weighted by Gasteiger charge is 2.35. The van der Waals surface area contributed by atoms with Gasteiger partial charge in [0.1, 0.15) is 16.5 Å². The van der Waals surface area contributed by atoms with E-state index < -0.39 is 5.79 Å². The fourth-order valence-electron chi connectivity index (χ4n) is 2.28. The number of methoxy groups -OCH3 is 1. The van der Waals surface area contributed by atoms with Crippen LogP contribution in [0.5, 0.6) is 0 Å². The molecule has 1 aromatic carbocycles. The van der Waals surface area contributed by atoms with Crippen molar-refractivity contribution in [3.63, 3.8) is 0 Å². The number of nitrogens with zero attached hydrogens (tertiary/aromatic N) is 2. The van der Waals surface area contributed by atoms with Gasteiger partial charge >= 0.3 is 0 Å². The Morgan fingerprint density at radius 2 is 2.09 bits per heavy atom. The highest BCUT2D eigenvalue weighted by Crippen LogP contribution is 2.38. The van der Waals surface area contributed by atoms with E-state index >= 15 is 0 Å². The third kappa shape index (κ3) is 4.10. The van der Waals surface area contributed by atoms with Crippen LogP contribution in [-0.2, 0) is 14.2 Å². The van der Waals surface area contributed by atoms with E-state index in [9.17, 15) is 0 Å². The molecule has 0 bridgehead atoms. The SMILES string of the molecule is COC(Sc1nsc(C2COC(C)(C)O2)n1)c1ccc(C)cc1. The van der Waals surface area contributed by atoms with Gasteiger partial charge in [0.15, 0.2) is 5.79 Å². The van der Waals surface area contributed by atoms with Crippen LogP contribution in [0.4, 0.5) is 0 Å². The zero-order valence-corrected chi connectivity index (χ0v) is 15.2. The van der Waals surface area contributed by atoms with Crippen LogP contribution in [0.15, 0.2) is 29.4 Å². The van der Waals surface area contributed by atoms with Crippen LogP contribution in [0, 0.1) is 6.92 Å². The molecule has 7 heteroatoms. The fourth-order valence-corrected chi connectivity index (χ4v) is 3.93. The van der Waals surface area contributed by atoms with Gasteiger partial charge in [-0.3, -0.25) is 0 Å². The lowest BCUT2D eigenvalue weighted by molar-refractivity contribution is -0.139. The van der Waals surface area contributed by atoms with Crippen molar-refractivity contribution in [1.29, 1.82) is 0 Å². The van der Waals surface area contributed by atoms with Crippen molar-refractivity contribution in [1.82, 2.24) is 9.36 Å². The van der Waals surface area contributed by atoms with Gasteiger partial charge in [0.05, 0.1) is 6.61 Å². The van der Waals surface area contributed by atoms with E-state index in [0.717, 1.165) is 10.6 Å². The first-order valence-electron chi connectivity index (χ1n) is 7.38. The van der Waals surface area contributed by atoms with Gasteiger partial charge in [0.25, 0.3) is 0 Å².